The van der Waals surface area contributed by atoms with Crippen LogP contribution in [0.2, 0.25) is 0 Å². The quantitative estimate of drug-likeness (QED) is 0.465. The van der Waals surface area contributed by atoms with Crippen LogP contribution in [0, 0.1) is 23.5 Å². The molecule has 0 radical (unpaired) electrons. The van der Waals surface area contributed by atoms with Crippen LogP contribution in [0.5, 0.6) is 5.75 Å². The number of nitrogens with zero attached hydrogens (tertiary/aromatic N) is 2. The van der Waals surface area contributed by atoms with Crippen molar-refractivity contribution in [2.45, 2.75) is 0 Å². The van der Waals surface area contributed by atoms with Gasteiger partial charge in [0.25, 0.3) is 0 Å². The standard InChI is InChI=1S/C23H14F2N2O/c1-28-19-8-5-15(6-9-19)18-13-26-23(27-14-18)10-7-16-3-2-4-17-11-21(24)22(25)12-20(16)17/h2-6,8-9,11-14H,1H3. The van der Waals surface area contributed by atoms with Crippen LogP contribution in [0.3, 0.4) is 0 Å². The van der Waals surface area contributed by atoms with Crippen LogP contribution in [0.4, 0.5) is 8.78 Å². The van der Waals surface area contributed by atoms with Crippen LogP contribution in [-0.4, -0.2) is 17.1 Å². The largest absolute Gasteiger partial charge is 0.497 e. The lowest BCUT2D eigenvalue weighted by Gasteiger charge is -2.03. The Labute approximate surface area is 160 Å². The summed E-state index contributed by atoms with van der Waals surface area (Å²) in [6.45, 7) is 0. The summed E-state index contributed by atoms with van der Waals surface area (Å²) in [4.78, 5) is 8.55. The molecule has 0 saturated carbocycles. The van der Waals surface area contributed by atoms with E-state index in [1.807, 2.05) is 24.3 Å². The molecule has 0 aliphatic heterocycles. The molecule has 0 spiro atoms. The van der Waals surface area contributed by atoms with E-state index in [4.69, 9.17) is 4.74 Å². The Bertz CT molecular complexity index is 1210. The lowest BCUT2D eigenvalue weighted by atomic mass is 10.0. The Balaban J connectivity index is 1.63. The third-order valence-electron chi connectivity index (χ3n) is 4.31. The molecule has 0 atom stereocenters. The topological polar surface area (TPSA) is 35.0 Å². The molecule has 0 aliphatic carbocycles. The molecule has 4 rings (SSSR count). The lowest BCUT2D eigenvalue weighted by molar-refractivity contribution is 0.415. The third kappa shape index (κ3) is 3.53. The highest BCUT2D eigenvalue weighted by Gasteiger charge is 2.06. The van der Waals surface area contributed by atoms with E-state index in [0.717, 1.165) is 29.0 Å². The smallest absolute Gasteiger partial charge is 0.205 e. The van der Waals surface area contributed by atoms with Gasteiger partial charge in [0.2, 0.25) is 5.82 Å². The predicted molar refractivity (Wildman–Crippen MR) is 104 cm³/mol. The molecule has 5 heteroatoms. The maximum Gasteiger partial charge on any atom is 0.205 e. The van der Waals surface area contributed by atoms with Crippen LogP contribution >= 0.6 is 0 Å². The zero-order chi connectivity index (χ0) is 19.5. The molecule has 3 aromatic carbocycles. The average Bonchev–Trinajstić information content (AvgIpc) is 2.74. The number of fused-ring (bicyclic) bond motifs is 1. The molecule has 136 valence electrons. The molecule has 0 unspecified atom stereocenters. The lowest BCUT2D eigenvalue weighted by Crippen LogP contribution is -1.90. The first-order valence-electron chi connectivity index (χ1n) is 8.50. The SMILES string of the molecule is COc1ccc(-c2cnc(C#Cc3cccc4cc(F)c(F)cc34)nc2)cc1. The molecule has 28 heavy (non-hydrogen) atoms. The Hall–Kier alpha value is -3.78. The molecule has 0 saturated heterocycles. The molecule has 0 amide bonds. The highest BCUT2D eigenvalue weighted by molar-refractivity contribution is 5.88. The van der Waals surface area contributed by atoms with Crippen LogP contribution in [0.25, 0.3) is 21.9 Å². The zero-order valence-electron chi connectivity index (χ0n) is 14.9. The highest BCUT2D eigenvalue weighted by Crippen LogP contribution is 2.22. The van der Waals surface area contributed by atoms with Gasteiger partial charge in [0.1, 0.15) is 5.75 Å². The molecule has 1 heterocycles. The highest BCUT2D eigenvalue weighted by atomic mass is 19.2. The van der Waals surface area contributed by atoms with E-state index in [0.29, 0.717) is 22.2 Å². The number of hydrogen-bond donors (Lipinski definition) is 0. The molecule has 0 aliphatic rings. The van der Waals surface area contributed by atoms with Crippen LogP contribution in [0.15, 0.2) is 67.0 Å². The number of hydrogen-bond acceptors (Lipinski definition) is 3. The van der Waals surface area contributed by atoms with E-state index >= 15 is 0 Å². The number of rotatable bonds is 2. The molecule has 3 nitrogen and oxygen atoms in total. The van der Waals surface area contributed by atoms with Gasteiger partial charge in [-0.1, -0.05) is 30.2 Å². The molecule has 4 aromatic rings. The first-order chi connectivity index (χ1) is 13.6. The fourth-order valence-electron chi connectivity index (χ4n) is 2.83. The normalized spacial score (nSPS) is 10.4. The van der Waals surface area contributed by atoms with Crippen molar-refractivity contribution in [3.8, 4) is 28.7 Å². The van der Waals surface area contributed by atoms with E-state index in [1.54, 1.807) is 37.7 Å². The maximum absolute atomic E-state index is 13.6. The second-order valence-corrected chi connectivity index (χ2v) is 6.07. The van der Waals surface area contributed by atoms with Gasteiger partial charge in [0, 0.05) is 28.9 Å². The van der Waals surface area contributed by atoms with Crippen molar-refractivity contribution in [1.29, 1.82) is 0 Å². The van der Waals surface area contributed by atoms with Crippen molar-refractivity contribution in [2.75, 3.05) is 7.11 Å². The van der Waals surface area contributed by atoms with Crippen molar-refractivity contribution < 1.29 is 13.5 Å². The van der Waals surface area contributed by atoms with Gasteiger partial charge in [-0.25, -0.2) is 18.7 Å². The molecule has 1 aromatic heterocycles. The number of ether oxygens (including phenoxy) is 1. The zero-order valence-corrected chi connectivity index (χ0v) is 14.9. The number of aromatic nitrogens is 2. The van der Waals surface area contributed by atoms with Gasteiger partial charge >= 0.3 is 0 Å². The summed E-state index contributed by atoms with van der Waals surface area (Å²) < 4.78 is 32.2. The minimum atomic E-state index is -0.901. The predicted octanol–water partition coefficient (Wildman–Crippen LogP) is 4.98. The van der Waals surface area contributed by atoms with Crippen molar-refractivity contribution in [3.63, 3.8) is 0 Å². The van der Waals surface area contributed by atoms with Crippen molar-refractivity contribution in [3.05, 3.63) is 90.0 Å². The third-order valence-corrected chi connectivity index (χ3v) is 4.31. The minimum Gasteiger partial charge on any atom is -0.497 e. The van der Waals surface area contributed by atoms with Gasteiger partial charge in [-0.05, 0) is 47.2 Å². The summed E-state index contributed by atoms with van der Waals surface area (Å²) in [5.74, 6) is 5.16. The van der Waals surface area contributed by atoms with Gasteiger partial charge in [-0.3, -0.25) is 0 Å². The first kappa shape index (κ1) is 17.6. The summed E-state index contributed by atoms with van der Waals surface area (Å²) in [5.41, 5.74) is 2.40. The molecule has 0 fully saturated rings. The van der Waals surface area contributed by atoms with Crippen LogP contribution < -0.4 is 4.74 Å². The van der Waals surface area contributed by atoms with Gasteiger partial charge in [-0.15, -0.1) is 0 Å². The Morgan fingerprint density at radius 1 is 0.821 bits per heavy atom. The monoisotopic (exact) mass is 372 g/mol. The van der Waals surface area contributed by atoms with Crippen molar-refractivity contribution in [2.24, 2.45) is 0 Å². The van der Waals surface area contributed by atoms with Gasteiger partial charge in [0.05, 0.1) is 7.11 Å². The molecule has 0 bridgehead atoms. The molecular weight excluding hydrogens is 358 g/mol. The summed E-state index contributed by atoms with van der Waals surface area (Å²) in [6.07, 6.45) is 3.38. The number of methoxy groups -OCH3 is 1. The summed E-state index contributed by atoms with van der Waals surface area (Å²) in [5, 5.41) is 1.13. The van der Waals surface area contributed by atoms with Crippen LogP contribution in [-0.2, 0) is 0 Å². The average molecular weight is 372 g/mol. The molecule has 0 N–H and O–H groups in total. The summed E-state index contributed by atoms with van der Waals surface area (Å²) >= 11 is 0. The van der Waals surface area contributed by atoms with E-state index in [9.17, 15) is 8.78 Å². The van der Waals surface area contributed by atoms with E-state index in [2.05, 4.69) is 21.8 Å². The minimum absolute atomic E-state index is 0.344. The van der Waals surface area contributed by atoms with E-state index in [-0.39, 0.29) is 0 Å². The Morgan fingerprint density at radius 3 is 2.25 bits per heavy atom. The first-order valence-corrected chi connectivity index (χ1v) is 8.50. The fraction of sp³-hybridized carbons (Fsp3) is 0.0435. The molecular formula is C23H14F2N2O. The van der Waals surface area contributed by atoms with Gasteiger partial charge in [-0.2, -0.15) is 0 Å². The van der Waals surface area contributed by atoms with Crippen LogP contribution in [0.1, 0.15) is 11.4 Å². The summed E-state index contributed by atoms with van der Waals surface area (Å²) in [7, 11) is 1.62. The second-order valence-electron chi connectivity index (χ2n) is 6.07. The summed E-state index contributed by atoms with van der Waals surface area (Å²) in [6, 6.07) is 15.1. The van der Waals surface area contributed by atoms with Gasteiger partial charge < -0.3 is 4.74 Å². The maximum atomic E-state index is 13.6. The fourth-order valence-corrected chi connectivity index (χ4v) is 2.83. The van der Waals surface area contributed by atoms with Crippen molar-refractivity contribution >= 4 is 10.8 Å². The second kappa shape index (κ2) is 7.45. The number of halogens is 2. The number of benzene rings is 3. The van der Waals surface area contributed by atoms with Gasteiger partial charge in [0.15, 0.2) is 11.6 Å². The van der Waals surface area contributed by atoms with Crippen molar-refractivity contribution in [1.82, 2.24) is 9.97 Å². The van der Waals surface area contributed by atoms with E-state index in [1.165, 1.54) is 0 Å². The Kier molecular flexibility index (Phi) is 4.69. The van der Waals surface area contributed by atoms with E-state index < -0.39 is 11.6 Å². The Morgan fingerprint density at radius 2 is 1.54 bits per heavy atom.